The smallest absolute Gasteiger partial charge is 0.408 e. The molecule has 0 aromatic heterocycles. The minimum atomic E-state index is -1.34. The largest absolute Gasteiger partial charge is 0.508 e. The third-order valence-electron chi connectivity index (χ3n) is 4.86. The van der Waals surface area contributed by atoms with Crippen molar-refractivity contribution in [1.29, 1.82) is 0 Å². The normalized spacial score (nSPS) is 13.0. The minimum Gasteiger partial charge on any atom is -0.508 e. The van der Waals surface area contributed by atoms with Gasteiger partial charge in [0.05, 0.1) is 6.42 Å². The number of hydrogen-bond donors (Lipinski definition) is 4. The highest BCUT2D eigenvalue weighted by atomic mass is 16.6. The summed E-state index contributed by atoms with van der Waals surface area (Å²) in [7, 11) is 0. The Balaban J connectivity index is 3.47. The number of benzene rings is 1. The zero-order valence-corrected chi connectivity index (χ0v) is 21.6. The number of carbonyl (C=O) groups is 4. The van der Waals surface area contributed by atoms with Crippen molar-refractivity contribution in [3.05, 3.63) is 29.8 Å². The Hall–Kier alpha value is -3.30. The number of nitrogens with zero attached hydrogens (tertiary/aromatic N) is 1. The van der Waals surface area contributed by atoms with Crippen LogP contribution in [0.3, 0.4) is 0 Å². The summed E-state index contributed by atoms with van der Waals surface area (Å²) < 4.78 is 5.25. The van der Waals surface area contributed by atoms with Crippen molar-refractivity contribution >= 4 is 23.8 Å². The van der Waals surface area contributed by atoms with E-state index in [-0.39, 0.29) is 18.3 Å². The maximum absolute atomic E-state index is 13.8. The first-order valence-corrected chi connectivity index (χ1v) is 11.9. The topological polar surface area (TPSA) is 151 Å². The molecule has 0 spiro atoms. The van der Waals surface area contributed by atoms with E-state index in [1.54, 1.807) is 46.8 Å². The average Bonchev–Trinajstić information content (AvgIpc) is 2.70. The molecule has 2 atom stereocenters. The predicted molar refractivity (Wildman–Crippen MR) is 132 cm³/mol. The zero-order chi connectivity index (χ0) is 26.8. The highest BCUT2D eigenvalue weighted by Gasteiger charge is 2.37. The van der Waals surface area contributed by atoms with Gasteiger partial charge in [0.15, 0.2) is 0 Å². The van der Waals surface area contributed by atoms with Gasteiger partial charge in [0, 0.05) is 12.6 Å². The fourth-order valence-electron chi connectivity index (χ4n) is 3.48. The predicted octanol–water partition coefficient (Wildman–Crippen LogP) is 2.75. The zero-order valence-electron chi connectivity index (χ0n) is 21.6. The van der Waals surface area contributed by atoms with Crippen LogP contribution in [0.2, 0.25) is 0 Å². The summed E-state index contributed by atoms with van der Waals surface area (Å²) in [6.07, 6.45) is 0.898. The van der Waals surface area contributed by atoms with Gasteiger partial charge in [-0.2, -0.15) is 0 Å². The number of amides is 4. The van der Waals surface area contributed by atoms with Gasteiger partial charge in [0.25, 0.3) is 0 Å². The molecule has 0 saturated heterocycles. The lowest BCUT2D eigenvalue weighted by molar-refractivity contribution is -0.143. The third kappa shape index (κ3) is 10.7. The van der Waals surface area contributed by atoms with Crippen LogP contribution in [0, 0.1) is 0 Å². The van der Waals surface area contributed by atoms with Crippen LogP contribution >= 0.6 is 0 Å². The number of phenols is 1. The van der Waals surface area contributed by atoms with E-state index in [1.807, 2.05) is 6.92 Å². The maximum atomic E-state index is 13.8. The molecule has 0 bridgehead atoms. The first-order chi connectivity index (χ1) is 16.2. The SMILES string of the molecule is CCCCCN(C(=O)C(CC(N)=O)NC(=O)OC(C)(C)C)C(C(=O)NC(C)C)c1cccc(O)c1. The maximum Gasteiger partial charge on any atom is 0.408 e. The van der Waals surface area contributed by atoms with Crippen LogP contribution < -0.4 is 16.4 Å². The van der Waals surface area contributed by atoms with Crippen LogP contribution in [-0.4, -0.2) is 58.1 Å². The van der Waals surface area contributed by atoms with Gasteiger partial charge in [0.1, 0.15) is 23.4 Å². The molecule has 0 saturated carbocycles. The summed E-state index contributed by atoms with van der Waals surface area (Å²) in [6, 6.07) is 3.43. The number of primary amides is 1. The molecule has 0 aliphatic rings. The molecule has 5 N–H and O–H groups in total. The van der Waals surface area contributed by atoms with Crippen LogP contribution in [0.15, 0.2) is 24.3 Å². The van der Waals surface area contributed by atoms with Crippen molar-refractivity contribution < 1.29 is 29.0 Å². The van der Waals surface area contributed by atoms with Crippen LogP contribution in [0.5, 0.6) is 5.75 Å². The van der Waals surface area contributed by atoms with Gasteiger partial charge in [-0.05, 0) is 58.7 Å². The Morgan fingerprint density at radius 3 is 2.29 bits per heavy atom. The number of nitrogens with two attached hydrogens (primary N) is 1. The number of ether oxygens (including phenoxy) is 1. The molecule has 1 aromatic carbocycles. The number of nitrogens with one attached hydrogen (secondary N) is 2. The van der Waals surface area contributed by atoms with E-state index < -0.39 is 47.9 Å². The molecule has 0 aliphatic heterocycles. The average molecular weight is 493 g/mol. The second-order valence-corrected chi connectivity index (χ2v) is 9.77. The van der Waals surface area contributed by atoms with E-state index in [0.29, 0.717) is 12.0 Å². The van der Waals surface area contributed by atoms with Gasteiger partial charge in [-0.15, -0.1) is 0 Å². The van der Waals surface area contributed by atoms with Gasteiger partial charge in [0.2, 0.25) is 17.7 Å². The number of unbranched alkanes of at least 4 members (excludes halogenated alkanes) is 2. The van der Waals surface area contributed by atoms with E-state index in [9.17, 15) is 24.3 Å². The number of rotatable bonds is 12. The van der Waals surface area contributed by atoms with Crippen LogP contribution in [0.1, 0.15) is 78.8 Å². The van der Waals surface area contributed by atoms with Gasteiger partial charge in [-0.3, -0.25) is 14.4 Å². The van der Waals surface area contributed by atoms with E-state index >= 15 is 0 Å². The standard InChI is InChI=1S/C25H40N4O6/c1-7-8-9-13-29(21(22(32)27-16(2)3)17-11-10-12-18(30)14-17)23(33)19(15-20(26)31)28-24(34)35-25(4,5)6/h10-12,14,16,19,21,30H,7-9,13,15H2,1-6H3,(H2,26,31)(H,27,32)(H,28,34). The third-order valence-corrected chi connectivity index (χ3v) is 4.86. The van der Waals surface area contributed by atoms with Crippen LogP contribution in [-0.2, 0) is 19.1 Å². The van der Waals surface area contributed by atoms with E-state index in [1.165, 1.54) is 17.0 Å². The molecule has 0 radical (unpaired) electrons. The van der Waals surface area contributed by atoms with Gasteiger partial charge in [-0.25, -0.2) is 4.79 Å². The molecule has 1 rings (SSSR count). The summed E-state index contributed by atoms with van der Waals surface area (Å²) >= 11 is 0. The molecule has 10 heteroatoms. The molecular formula is C25H40N4O6. The fraction of sp³-hybridized carbons (Fsp3) is 0.600. The fourth-order valence-corrected chi connectivity index (χ4v) is 3.48. The Bertz CT molecular complexity index is 881. The molecule has 2 unspecified atom stereocenters. The van der Waals surface area contributed by atoms with E-state index in [0.717, 1.165) is 12.8 Å². The molecule has 10 nitrogen and oxygen atoms in total. The van der Waals surface area contributed by atoms with Crippen molar-refractivity contribution in [2.45, 2.75) is 91.0 Å². The van der Waals surface area contributed by atoms with E-state index in [2.05, 4.69) is 10.6 Å². The summed E-state index contributed by atoms with van der Waals surface area (Å²) in [4.78, 5) is 52.6. The van der Waals surface area contributed by atoms with Crippen molar-refractivity contribution in [3.8, 4) is 5.75 Å². The first-order valence-electron chi connectivity index (χ1n) is 11.9. The van der Waals surface area contributed by atoms with Gasteiger partial charge < -0.3 is 31.1 Å². The van der Waals surface area contributed by atoms with E-state index in [4.69, 9.17) is 10.5 Å². The Kier molecular flexibility index (Phi) is 11.5. The molecule has 0 aliphatic carbocycles. The Labute approximate surface area is 207 Å². The lowest BCUT2D eigenvalue weighted by Crippen LogP contribution is -2.54. The summed E-state index contributed by atoms with van der Waals surface area (Å²) in [5.41, 5.74) is 4.94. The van der Waals surface area contributed by atoms with Gasteiger partial charge in [-0.1, -0.05) is 31.9 Å². The summed E-state index contributed by atoms with van der Waals surface area (Å²) in [5.74, 6) is -1.97. The second kappa shape index (κ2) is 13.6. The molecule has 4 amide bonds. The molecule has 35 heavy (non-hydrogen) atoms. The van der Waals surface area contributed by atoms with Crippen LogP contribution in [0.25, 0.3) is 0 Å². The quantitative estimate of drug-likeness (QED) is 0.329. The van der Waals surface area contributed by atoms with Crippen molar-refractivity contribution in [2.75, 3.05) is 6.54 Å². The minimum absolute atomic E-state index is 0.0635. The Morgan fingerprint density at radius 1 is 1.11 bits per heavy atom. The number of carbonyl (C=O) groups excluding carboxylic acids is 4. The summed E-state index contributed by atoms with van der Waals surface area (Å²) in [5, 5.41) is 15.3. The van der Waals surface area contributed by atoms with Gasteiger partial charge >= 0.3 is 6.09 Å². The molecule has 0 fully saturated rings. The number of phenolic OH excluding ortho intramolecular Hbond substituents is 1. The van der Waals surface area contributed by atoms with Crippen LogP contribution in [0.4, 0.5) is 4.79 Å². The Morgan fingerprint density at radius 2 is 1.77 bits per heavy atom. The monoisotopic (exact) mass is 492 g/mol. The van der Waals surface area contributed by atoms with Crippen molar-refractivity contribution in [3.63, 3.8) is 0 Å². The lowest BCUT2D eigenvalue weighted by atomic mass is 10.0. The second-order valence-electron chi connectivity index (χ2n) is 9.77. The highest BCUT2D eigenvalue weighted by Crippen LogP contribution is 2.26. The van der Waals surface area contributed by atoms with Crippen molar-refractivity contribution in [1.82, 2.24) is 15.5 Å². The number of alkyl carbamates (subject to hydrolysis) is 1. The molecule has 0 heterocycles. The molecular weight excluding hydrogens is 452 g/mol. The number of hydrogen-bond acceptors (Lipinski definition) is 6. The molecule has 196 valence electrons. The number of aromatic hydroxyl groups is 1. The first kappa shape index (κ1) is 29.7. The highest BCUT2D eigenvalue weighted by molar-refractivity contribution is 5.94. The lowest BCUT2D eigenvalue weighted by Gasteiger charge is -2.34. The summed E-state index contributed by atoms with van der Waals surface area (Å²) in [6.45, 7) is 10.8. The molecule has 1 aromatic rings. The van der Waals surface area contributed by atoms with Crippen molar-refractivity contribution in [2.24, 2.45) is 5.73 Å².